The number of benzene rings is 2. The number of piperidine rings is 1. The normalized spacial score (nSPS) is 17.9. The van der Waals surface area contributed by atoms with E-state index in [4.69, 9.17) is 11.6 Å². The molecule has 0 bridgehead atoms. The van der Waals surface area contributed by atoms with Crippen LogP contribution in [0.15, 0.2) is 60.8 Å². The number of nitrogens with zero attached hydrogens (tertiary/aromatic N) is 3. The van der Waals surface area contributed by atoms with Gasteiger partial charge < -0.3 is 25.5 Å². The third-order valence-corrected chi connectivity index (χ3v) is 7.79. The smallest absolute Gasteiger partial charge is 0.337 e. The second-order valence-electron chi connectivity index (χ2n) is 10.4. The number of carbonyl (C=O) groups is 4. The lowest BCUT2D eigenvalue weighted by Gasteiger charge is -2.29. The summed E-state index contributed by atoms with van der Waals surface area (Å²) in [5.74, 6) is -2.43. The van der Waals surface area contributed by atoms with Gasteiger partial charge in [0.15, 0.2) is 0 Å². The van der Waals surface area contributed by atoms with Crippen molar-refractivity contribution in [2.24, 2.45) is 5.92 Å². The maximum Gasteiger partial charge on any atom is 0.337 e. The van der Waals surface area contributed by atoms with Crippen molar-refractivity contribution < 1.29 is 24.3 Å². The first-order valence-electron chi connectivity index (χ1n) is 13.4. The summed E-state index contributed by atoms with van der Waals surface area (Å²) in [6.07, 6.45) is 3.14. The summed E-state index contributed by atoms with van der Waals surface area (Å²) in [4.78, 5) is 60.3. The van der Waals surface area contributed by atoms with Crippen LogP contribution < -0.4 is 10.6 Å². The summed E-state index contributed by atoms with van der Waals surface area (Å²) in [5.41, 5.74) is 1.87. The van der Waals surface area contributed by atoms with Crippen molar-refractivity contribution in [3.05, 3.63) is 88.2 Å². The number of fused-ring (bicyclic) bond motifs is 1. The van der Waals surface area contributed by atoms with Crippen molar-refractivity contribution in [2.75, 3.05) is 30.8 Å². The molecule has 0 spiro atoms. The molecule has 0 aliphatic carbocycles. The maximum atomic E-state index is 13.9. The lowest BCUT2D eigenvalue weighted by atomic mass is 9.96. The number of nitrogens with one attached hydrogen (secondary N) is 2. The Hall–Kier alpha value is -4.28. The molecule has 1 aromatic heterocycles. The molecule has 3 aromatic rings. The van der Waals surface area contributed by atoms with E-state index in [1.165, 1.54) is 17.0 Å². The Bertz CT molecular complexity index is 1490. The van der Waals surface area contributed by atoms with Gasteiger partial charge in [-0.3, -0.25) is 19.4 Å². The number of rotatable bonds is 7. The van der Waals surface area contributed by atoms with Gasteiger partial charge in [0.05, 0.1) is 22.5 Å². The maximum absolute atomic E-state index is 13.9. The molecule has 1 fully saturated rings. The summed E-state index contributed by atoms with van der Waals surface area (Å²) < 4.78 is 0. The van der Waals surface area contributed by atoms with Crippen molar-refractivity contribution in [3.8, 4) is 0 Å². The number of amides is 3. The fourth-order valence-corrected chi connectivity index (χ4v) is 5.42. The second-order valence-corrected chi connectivity index (χ2v) is 10.8. The monoisotopic (exact) mass is 575 g/mol. The van der Waals surface area contributed by atoms with Crippen LogP contribution in [0.2, 0.25) is 5.02 Å². The van der Waals surface area contributed by atoms with Gasteiger partial charge in [0.25, 0.3) is 5.91 Å². The minimum atomic E-state index is -1.18. The largest absolute Gasteiger partial charge is 0.478 e. The van der Waals surface area contributed by atoms with Gasteiger partial charge in [0, 0.05) is 35.8 Å². The average molecular weight is 576 g/mol. The van der Waals surface area contributed by atoms with E-state index in [0.29, 0.717) is 34.8 Å². The Morgan fingerprint density at radius 2 is 1.88 bits per heavy atom. The van der Waals surface area contributed by atoms with Gasteiger partial charge in [0.2, 0.25) is 11.8 Å². The number of pyridine rings is 1. The Labute approximate surface area is 242 Å². The van der Waals surface area contributed by atoms with Crippen LogP contribution in [0.5, 0.6) is 0 Å². The van der Waals surface area contributed by atoms with Crippen molar-refractivity contribution in [3.63, 3.8) is 0 Å². The molecule has 1 atom stereocenters. The minimum absolute atomic E-state index is 0.0111. The number of likely N-dealkylation sites (tertiary alicyclic amines) is 1. The number of hydrogen-bond donors (Lipinski definition) is 3. The van der Waals surface area contributed by atoms with E-state index in [9.17, 15) is 24.3 Å². The Morgan fingerprint density at radius 3 is 2.59 bits per heavy atom. The quantitative estimate of drug-likeness (QED) is 0.389. The zero-order valence-corrected chi connectivity index (χ0v) is 23.2. The Morgan fingerprint density at radius 1 is 1.10 bits per heavy atom. The minimum Gasteiger partial charge on any atom is -0.478 e. The van der Waals surface area contributed by atoms with Gasteiger partial charge in [-0.1, -0.05) is 23.7 Å². The van der Waals surface area contributed by atoms with Crippen molar-refractivity contribution >= 4 is 46.7 Å². The number of carboxylic acids is 1. The predicted octanol–water partition coefficient (Wildman–Crippen LogP) is 3.92. The third-order valence-electron chi connectivity index (χ3n) is 7.55. The van der Waals surface area contributed by atoms with Gasteiger partial charge in [0.1, 0.15) is 6.04 Å². The zero-order valence-electron chi connectivity index (χ0n) is 22.5. The lowest BCUT2D eigenvalue weighted by molar-refractivity contribution is -0.121. The van der Waals surface area contributed by atoms with Crippen LogP contribution >= 0.6 is 11.6 Å². The first-order valence-corrected chi connectivity index (χ1v) is 13.7. The second kappa shape index (κ2) is 12.1. The first-order chi connectivity index (χ1) is 19.7. The van der Waals surface area contributed by atoms with Crippen molar-refractivity contribution in [2.45, 2.75) is 31.8 Å². The summed E-state index contributed by atoms with van der Waals surface area (Å²) in [6, 6.07) is 13.7. The molecule has 1 unspecified atom stereocenters. The molecule has 2 aromatic carbocycles. The van der Waals surface area contributed by atoms with E-state index in [2.05, 4.69) is 20.5 Å². The highest BCUT2D eigenvalue weighted by atomic mass is 35.5. The fraction of sp³-hybridized carbons (Fsp3) is 0.300. The molecular weight excluding hydrogens is 546 g/mol. The molecule has 11 heteroatoms. The highest BCUT2D eigenvalue weighted by Crippen LogP contribution is 2.30. The standard InChI is InChI=1S/C30H30ClN5O5/c1-35-12-9-19(10-13-35)27(37)33-24-14-18(5-7-23(24)30(40)41)17-36-26(16-21-4-2-3-11-32-21)28(38)34-25-15-20(31)6-8-22(25)29(36)39/h2-8,11,14-15,19,26H,9-10,12-13,16-17H2,1H3,(H,33,37)(H,34,38)(H,40,41). The molecule has 3 heterocycles. The molecule has 3 amide bonds. The van der Waals surface area contributed by atoms with E-state index in [0.717, 1.165) is 13.1 Å². The number of halogens is 1. The van der Waals surface area contributed by atoms with Crippen LogP contribution in [0.25, 0.3) is 0 Å². The fourth-order valence-electron chi connectivity index (χ4n) is 5.24. The van der Waals surface area contributed by atoms with Gasteiger partial charge in [-0.25, -0.2) is 4.79 Å². The number of hydrogen-bond acceptors (Lipinski definition) is 6. The van der Waals surface area contributed by atoms with Crippen molar-refractivity contribution in [1.29, 1.82) is 0 Å². The predicted molar refractivity (Wildman–Crippen MR) is 154 cm³/mol. The van der Waals surface area contributed by atoms with E-state index in [-0.39, 0.29) is 41.6 Å². The lowest BCUT2D eigenvalue weighted by Crippen LogP contribution is -2.46. The molecule has 0 radical (unpaired) electrons. The van der Waals surface area contributed by atoms with E-state index in [1.807, 2.05) is 13.1 Å². The molecular formula is C30H30ClN5O5. The van der Waals surface area contributed by atoms with E-state index < -0.39 is 23.8 Å². The molecule has 5 rings (SSSR count). The number of aromatic nitrogens is 1. The zero-order chi connectivity index (χ0) is 29.1. The average Bonchev–Trinajstić information content (AvgIpc) is 3.03. The number of aromatic carboxylic acids is 1. The topological polar surface area (TPSA) is 132 Å². The van der Waals surface area contributed by atoms with Crippen LogP contribution in [0.4, 0.5) is 11.4 Å². The number of anilines is 2. The Kier molecular flexibility index (Phi) is 8.32. The van der Waals surface area contributed by atoms with Gasteiger partial charge in [-0.05, 0) is 81.0 Å². The molecule has 1 saturated heterocycles. The molecule has 3 N–H and O–H groups in total. The van der Waals surface area contributed by atoms with Gasteiger partial charge in [-0.15, -0.1) is 0 Å². The number of carboxylic acid groups (broad SMARTS) is 1. The highest BCUT2D eigenvalue weighted by molar-refractivity contribution is 6.31. The number of carbonyl (C=O) groups excluding carboxylic acids is 3. The molecule has 10 nitrogen and oxygen atoms in total. The third kappa shape index (κ3) is 6.39. The van der Waals surface area contributed by atoms with Crippen LogP contribution in [-0.2, 0) is 22.6 Å². The van der Waals surface area contributed by atoms with Crippen molar-refractivity contribution in [1.82, 2.24) is 14.8 Å². The molecule has 41 heavy (non-hydrogen) atoms. The van der Waals surface area contributed by atoms with Gasteiger partial charge >= 0.3 is 5.97 Å². The highest BCUT2D eigenvalue weighted by Gasteiger charge is 2.36. The van der Waals surface area contributed by atoms with Crippen LogP contribution in [0.1, 0.15) is 44.8 Å². The van der Waals surface area contributed by atoms with Gasteiger partial charge in [-0.2, -0.15) is 0 Å². The summed E-state index contributed by atoms with van der Waals surface area (Å²) in [6.45, 7) is 1.56. The van der Waals surface area contributed by atoms with Crippen LogP contribution in [-0.4, -0.2) is 69.8 Å². The molecule has 2 aliphatic rings. The summed E-state index contributed by atoms with van der Waals surface area (Å²) in [5, 5.41) is 15.8. The molecule has 0 saturated carbocycles. The van der Waals surface area contributed by atoms with Crippen LogP contribution in [0.3, 0.4) is 0 Å². The summed E-state index contributed by atoms with van der Waals surface area (Å²) >= 11 is 6.15. The van der Waals surface area contributed by atoms with E-state index in [1.54, 1.807) is 42.6 Å². The molecule has 212 valence electrons. The van der Waals surface area contributed by atoms with E-state index >= 15 is 0 Å². The summed E-state index contributed by atoms with van der Waals surface area (Å²) in [7, 11) is 2.00. The first kappa shape index (κ1) is 28.3. The van der Waals surface area contributed by atoms with Crippen LogP contribution in [0, 0.1) is 5.92 Å². The Balaban J connectivity index is 1.48. The molecule has 2 aliphatic heterocycles. The SMILES string of the molecule is CN1CCC(C(=O)Nc2cc(CN3C(=O)c4ccc(Cl)cc4NC(=O)C3Cc3ccccn3)ccc2C(=O)O)CC1.